The molecule has 0 aromatic heterocycles. The van der Waals surface area contributed by atoms with Gasteiger partial charge in [-0.3, -0.25) is 19.7 Å². The molecule has 0 fully saturated rings. The summed E-state index contributed by atoms with van der Waals surface area (Å²) in [5.74, 6) is -1.80. The van der Waals surface area contributed by atoms with Crippen LogP contribution in [0.2, 0.25) is 0 Å². The maximum absolute atomic E-state index is 13.0. The van der Waals surface area contributed by atoms with Crippen molar-refractivity contribution in [3.63, 3.8) is 0 Å². The fourth-order valence-corrected chi connectivity index (χ4v) is 3.26. The van der Waals surface area contributed by atoms with Gasteiger partial charge in [-0.1, -0.05) is 23.8 Å². The van der Waals surface area contributed by atoms with E-state index in [9.17, 15) is 24.8 Å². The Bertz CT molecular complexity index is 1120. The first-order valence-electron chi connectivity index (χ1n) is 7.78. The summed E-state index contributed by atoms with van der Waals surface area (Å²) in [5, 5.41) is 21.6. The molecule has 7 heteroatoms. The standard InChI is InChI=1S/C19H12N2O5/c1-10-5-7-11(8-6-10)20-18(23)13-4-2-3-12-16(13)14(19(20)24)9-15(22)17(12)21(25)26/h2-9,22H,1H3. The monoisotopic (exact) mass is 348 g/mol. The molecule has 1 heterocycles. The molecule has 1 aliphatic heterocycles. The van der Waals surface area contributed by atoms with E-state index < -0.39 is 28.2 Å². The molecule has 2 amide bonds. The number of amides is 2. The van der Waals surface area contributed by atoms with Gasteiger partial charge in [0.2, 0.25) is 0 Å². The molecular formula is C19H12N2O5. The minimum absolute atomic E-state index is 0.0545. The zero-order chi connectivity index (χ0) is 18.6. The number of phenolic OH excluding ortho intramolecular Hbond substituents is 1. The maximum Gasteiger partial charge on any atom is 0.318 e. The van der Waals surface area contributed by atoms with Crippen LogP contribution < -0.4 is 4.90 Å². The van der Waals surface area contributed by atoms with Crippen LogP contribution in [0, 0.1) is 17.0 Å². The first-order valence-corrected chi connectivity index (χ1v) is 7.78. The molecule has 1 N–H and O–H groups in total. The number of carbonyl (C=O) groups is 2. The SMILES string of the molecule is Cc1ccc(N2C(=O)c3cccc4c([N+](=O)[O-])c(O)cc(c34)C2=O)cc1. The highest BCUT2D eigenvalue weighted by molar-refractivity contribution is 6.36. The lowest BCUT2D eigenvalue weighted by Gasteiger charge is -2.27. The van der Waals surface area contributed by atoms with Gasteiger partial charge >= 0.3 is 5.69 Å². The molecule has 0 aliphatic carbocycles. The fraction of sp³-hybridized carbons (Fsp3) is 0.0526. The van der Waals surface area contributed by atoms with Crippen molar-refractivity contribution in [1.29, 1.82) is 0 Å². The van der Waals surface area contributed by atoms with E-state index in [-0.39, 0.29) is 21.9 Å². The first-order chi connectivity index (χ1) is 12.4. The Morgan fingerprint density at radius 2 is 1.65 bits per heavy atom. The van der Waals surface area contributed by atoms with Crippen molar-refractivity contribution in [1.82, 2.24) is 0 Å². The summed E-state index contributed by atoms with van der Waals surface area (Å²) < 4.78 is 0. The summed E-state index contributed by atoms with van der Waals surface area (Å²) in [5.41, 5.74) is 1.09. The van der Waals surface area contributed by atoms with Crippen molar-refractivity contribution >= 4 is 34.0 Å². The van der Waals surface area contributed by atoms with E-state index in [0.29, 0.717) is 5.69 Å². The van der Waals surface area contributed by atoms with Crippen LogP contribution >= 0.6 is 0 Å². The van der Waals surface area contributed by atoms with Gasteiger partial charge < -0.3 is 5.11 Å². The third-order valence-corrected chi connectivity index (χ3v) is 4.45. The third-order valence-electron chi connectivity index (χ3n) is 4.45. The lowest BCUT2D eigenvalue weighted by atomic mass is 9.92. The van der Waals surface area contributed by atoms with Crippen molar-refractivity contribution in [2.45, 2.75) is 6.92 Å². The molecule has 0 saturated heterocycles. The summed E-state index contributed by atoms with van der Waals surface area (Å²) in [7, 11) is 0. The Balaban J connectivity index is 2.03. The smallest absolute Gasteiger partial charge is 0.318 e. The number of nitro groups is 1. The summed E-state index contributed by atoms with van der Waals surface area (Å²) in [6.45, 7) is 1.89. The molecule has 128 valence electrons. The minimum atomic E-state index is -0.723. The number of aromatic hydroxyl groups is 1. The molecule has 0 saturated carbocycles. The number of rotatable bonds is 2. The fourth-order valence-electron chi connectivity index (χ4n) is 3.26. The van der Waals surface area contributed by atoms with Gasteiger partial charge in [-0.25, -0.2) is 4.90 Å². The van der Waals surface area contributed by atoms with Crippen molar-refractivity contribution in [3.05, 3.63) is 75.3 Å². The molecule has 7 nitrogen and oxygen atoms in total. The summed E-state index contributed by atoms with van der Waals surface area (Å²) >= 11 is 0. The van der Waals surface area contributed by atoms with Crippen molar-refractivity contribution in [2.24, 2.45) is 0 Å². The topological polar surface area (TPSA) is 101 Å². The van der Waals surface area contributed by atoms with Gasteiger partial charge in [-0.05, 0) is 31.2 Å². The lowest BCUT2D eigenvalue weighted by molar-refractivity contribution is -0.384. The van der Waals surface area contributed by atoms with Gasteiger partial charge in [0.25, 0.3) is 11.8 Å². The molecule has 3 aromatic rings. The molecule has 26 heavy (non-hydrogen) atoms. The van der Waals surface area contributed by atoms with Gasteiger partial charge in [-0.2, -0.15) is 0 Å². The van der Waals surface area contributed by atoms with Crippen LogP contribution in [0.25, 0.3) is 10.8 Å². The van der Waals surface area contributed by atoms with Crippen LogP contribution in [-0.4, -0.2) is 21.8 Å². The number of carbonyl (C=O) groups excluding carboxylic acids is 2. The van der Waals surface area contributed by atoms with Crippen LogP contribution in [-0.2, 0) is 0 Å². The van der Waals surface area contributed by atoms with E-state index in [0.717, 1.165) is 16.5 Å². The number of benzene rings is 3. The van der Waals surface area contributed by atoms with Crippen LogP contribution in [0.4, 0.5) is 11.4 Å². The summed E-state index contributed by atoms with van der Waals surface area (Å²) in [6.07, 6.45) is 0. The molecule has 3 aromatic carbocycles. The molecule has 0 bridgehead atoms. The van der Waals surface area contributed by atoms with Crippen molar-refractivity contribution in [3.8, 4) is 5.75 Å². The largest absolute Gasteiger partial charge is 0.502 e. The van der Waals surface area contributed by atoms with Crippen molar-refractivity contribution in [2.75, 3.05) is 4.90 Å². The Kier molecular flexibility index (Phi) is 3.27. The van der Waals surface area contributed by atoms with E-state index in [1.807, 2.05) is 6.92 Å². The molecule has 0 spiro atoms. The number of imide groups is 1. The highest BCUT2D eigenvalue weighted by Crippen LogP contribution is 2.41. The zero-order valence-electron chi connectivity index (χ0n) is 13.6. The van der Waals surface area contributed by atoms with E-state index in [1.165, 1.54) is 18.2 Å². The highest BCUT2D eigenvalue weighted by Gasteiger charge is 2.37. The Hall–Kier alpha value is -3.74. The molecule has 0 atom stereocenters. The molecule has 4 rings (SSSR count). The van der Waals surface area contributed by atoms with E-state index in [1.54, 1.807) is 24.3 Å². The number of hydrogen-bond donors (Lipinski definition) is 1. The predicted molar refractivity (Wildman–Crippen MR) is 94.6 cm³/mol. The summed E-state index contributed by atoms with van der Waals surface area (Å²) in [6, 6.07) is 12.3. The lowest BCUT2D eigenvalue weighted by Crippen LogP contribution is -2.40. The number of phenols is 1. The van der Waals surface area contributed by atoms with Crippen LogP contribution in [0.3, 0.4) is 0 Å². The first kappa shape index (κ1) is 15.8. The average molecular weight is 348 g/mol. The third kappa shape index (κ3) is 2.07. The van der Waals surface area contributed by atoms with Gasteiger partial charge in [0.05, 0.1) is 21.6 Å². The number of anilines is 1. The van der Waals surface area contributed by atoms with Gasteiger partial charge in [0, 0.05) is 17.0 Å². The van der Waals surface area contributed by atoms with Crippen molar-refractivity contribution < 1.29 is 19.6 Å². The van der Waals surface area contributed by atoms with Gasteiger partial charge in [-0.15, -0.1) is 0 Å². The average Bonchev–Trinajstić information content (AvgIpc) is 2.60. The Morgan fingerprint density at radius 1 is 1.00 bits per heavy atom. The second-order valence-electron chi connectivity index (χ2n) is 6.06. The van der Waals surface area contributed by atoms with E-state index in [2.05, 4.69) is 0 Å². The van der Waals surface area contributed by atoms with Crippen LogP contribution in [0.1, 0.15) is 26.3 Å². The number of nitrogens with zero attached hydrogens (tertiary/aromatic N) is 2. The van der Waals surface area contributed by atoms with E-state index >= 15 is 0 Å². The number of nitro benzene ring substituents is 1. The second kappa shape index (κ2) is 5.38. The molecular weight excluding hydrogens is 336 g/mol. The minimum Gasteiger partial charge on any atom is -0.502 e. The second-order valence-corrected chi connectivity index (χ2v) is 6.06. The normalized spacial score (nSPS) is 13.3. The molecule has 1 aliphatic rings. The van der Waals surface area contributed by atoms with Crippen LogP contribution in [0.15, 0.2) is 48.5 Å². The zero-order valence-corrected chi connectivity index (χ0v) is 13.6. The summed E-state index contributed by atoms with van der Waals surface area (Å²) in [4.78, 5) is 37.5. The highest BCUT2D eigenvalue weighted by atomic mass is 16.6. The quantitative estimate of drug-likeness (QED) is 0.433. The van der Waals surface area contributed by atoms with E-state index in [4.69, 9.17) is 0 Å². The van der Waals surface area contributed by atoms with Crippen LogP contribution in [0.5, 0.6) is 5.75 Å². The predicted octanol–water partition coefficient (Wildman–Crippen LogP) is 3.56. The number of hydrogen-bond acceptors (Lipinski definition) is 5. The maximum atomic E-state index is 13.0. The molecule has 0 radical (unpaired) electrons. The Morgan fingerprint density at radius 3 is 2.31 bits per heavy atom. The molecule has 0 unspecified atom stereocenters. The Labute approximate surface area is 147 Å². The number of aryl methyl sites for hydroxylation is 1. The van der Waals surface area contributed by atoms with Gasteiger partial charge in [0.15, 0.2) is 5.75 Å². The van der Waals surface area contributed by atoms with Gasteiger partial charge in [0.1, 0.15) is 0 Å².